The molecule has 1 fully saturated rings. The first kappa shape index (κ1) is 22.5. The van der Waals surface area contributed by atoms with Crippen molar-refractivity contribution in [3.8, 4) is 0 Å². The van der Waals surface area contributed by atoms with Gasteiger partial charge < -0.3 is 15.7 Å². The van der Waals surface area contributed by atoms with Crippen LogP contribution in [0.1, 0.15) is 25.7 Å². The highest BCUT2D eigenvalue weighted by atomic mass is 127. The van der Waals surface area contributed by atoms with Crippen molar-refractivity contribution < 1.29 is 31.4 Å². The maximum atomic E-state index is 12.5. The van der Waals surface area contributed by atoms with Crippen LogP contribution in [0.15, 0.2) is 4.99 Å². The van der Waals surface area contributed by atoms with Gasteiger partial charge in [-0.1, -0.05) is 0 Å². The molecule has 0 heterocycles. The van der Waals surface area contributed by atoms with Gasteiger partial charge in [-0.25, -0.2) is 0 Å². The third-order valence-electron chi connectivity index (χ3n) is 3.60. The number of aliphatic hydroxyl groups excluding tert-OH is 1. The highest BCUT2D eigenvalue weighted by molar-refractivity contribution is 14.0. The summed E-state index contributed by atoms with van der Waals surface area (Å²) in [6, 6.07) is -0.284. The van der Waals surface area contributed by atoms with Crippen LogP contribution in [-0.4, -0.2) is 49.2 Å². The predicted octanol–water partition coefficient (Wildman–Crippen LogP) is 2.81. The van der Waals surface area contributed by atoms with Gasteiger partial charge in [0.2, 0.25) is 0 Å². The number of guanidine groups is 1. The average Bonchev–Trinajstić information content (AvgIpc) is 2.41. The lowest BCUT2D eigenvalue weighted by atomic mass is 9.85. The molecule has 0 saturated heterocycles. The van der Waals surface area contributed by atoms with Gasteiger partial charge in [-0.3, -0.25) is 4.99 Å². The molecule has 138 valence electrons. The minimum atomic E-state index is -4.74. The Morgan fingerprint density at radius 2 is 1.65 bits per heavy atom. The number of hydrogen-bond donors (Lipinski definition) is 3. The van der Waals surface area contributed by atoms with E-state index in [0.717, 1.165) is 0 Å². The van der Waals surface area contributed by atoms with E-state index < -0.39 is 30.9 Å². The summed E-state index contributed by atoms with van der Waals surface area (Å²) in [5, 5.41) is 14.0. The number of halogens is 7. The number of nitrogens with zero attached hydrogens (tertiary/aromatic N) is 1. The number of aliphatic imine (C=N–C) groups is 1. The second-order valence-electron chi connectivity index (χ2n) is 5.25. The van der Waals surface area contributed by atoms with E-state index in [9.17, 15) is 26.3 Å². The molecule has 1 aliphatic rings. The molecule has 1 atom stereocenters. The zero-order valence-electron chi connectivity index (χ0n) is 12.3. The molecule has 0 aliphatic heterocycles. The van der Waals surface area contributed by atoms with Crippen molar-refractivity contribution in [1.82, 2.24) is 10.6 Å². The molecule has 0 aromatic carbocycles. The molecule has 1 saturated carbocycles. The molecule has 3 N–H and O–H groups in total. The maximum Gasteiger partial charge on any atom is 0.416 e. The van der Waals surface area contributed by atoms with Crippen molar-refractivity contribution >= 4 is 29.9 Å². The topological polar surface area (TPSA) is 56.7 Å². The number of hydrogen-bond acceptors (Lipinski definition) is 2. The molecule has 1 unspecified atom stereocenters. The lowest BCUT2D eigenvalue weighted by molar-refractivity contribution is -0.201. The van der Waals surface area contributed by atoms with Crippen LogP contribution in [0.25, 0.3) is 0 Å². The maximum absolute atomic E-state index is 12.5. The highest BCUT2D eigenvalue weighted by Crippen LogP contribution is 2.37. The molecule has 0 bridgehead atoms. The van der Waals surface area contributed by atoms with Crippen LogP contribution in [-0.2, 0) is 0 Å². The first-order valence-electron chi connectivity index (χ1n) is 6.82. The van der Waals surface area contributed by atoms with Crippen LogP contribution < -0.4 is 10.6 Å². The lowest BCUT2D eigenvalue weighted by Gasteiger charge is -2.31. The summed E-state index contributed by atoms with van der Waals surface area (Å²) in [5.74, 6) is -1.30. The van der Waals surface area contributed by atoms with E-state index >= 15 is 0 Å². The summed E-state index contributed by atoms with van der Waals surface area (Å²) in [6.07, 6.45) is -11.0. The number of nitrogens with one attached hydrogen (secondary N) is 2. The quantitative estimate of drug-likeness (QED) is 0.261. The fourth-order valence-corrected chi connectivity index (χ4v) is 2.26. The molecular formula is C12H20F6IN3O. The fourth-order valence-electron chi connectivity index (χ4n) is 2.26. The molecule has 1 rings (SSSR count). The Kier molecular flexibility index (Phi) is 8.95. The van der Waals surface area contributed by atoms with Crippen LogP contribution in [0, 0.1) is 5.92 Å². The fraction of sp³-hybridized carbons (Fsp3) is 0.917. The van der Waals surface area contributed by atoms with Crippen LogP contribution >= 0.6 is 24.0 Å². The Morgan fingerprint density at radius 3 is 2.04 bits per heavy atom. The van der Waals surface area contributed by atoms with Gasteiger partial charge >= 0.3 is 12.4 Å². The van der Waals surface area contributed by atoms with Crippen molar-refractivity contribution in [2.24, 2.45) is 10.9 Å². The first-order chi connectivity index (χ1) is 10.0. The summed E-state index contributed by atoms with van der Waals surface area (Å²) < 4.78 is 74.1. The van der Waals surface area contributed by atoms with Gasteiger partial charge in [0.15, 0.2) is 12.1 Å². The van der Waals surface area contributed by atoms with E-state index in [1.54, 1.807) is 0 Å². The molecule has 0 aromatic heterocycles. The molecular weight excluding hydrogens is 443 g/mol. The van der Waals surface area contributed by atoms with Gasteiger partial charge in [0.1, 0.15) is 0 Å². The third kappa shape index (κ3) is 7.77. The minimum Gasteiger partial charge on any atom is -0.382 e. The monoisotopic (exact) mass is 463 g/mol. The van der Waals surface area contributed by atoms with Gasteiger partial charge in [0.25, 0.3) is 0 Å². The molecule has 23 heavy (non-hydrogen) atoms. The second kappa shape index (κ2) is 9.14. The van der Waals surface area contributed by atoms with Crippen LogP contribution in [0.5, 0.6) is 0 Å². The third-order valence-corrected chi connectivity index (χ3v) is 3.60. The zero-order valence-corrected chi connectivity index (χ0v) is 14.7. The van der Waals surface area contributed by atoms with Crippen LogP contribution in [0.4, 0.5) is 26.3 Å². The Labute approximate surface area is 147 Å². The summed E-state index contributed by atoms with van der Waals surface area (Å²) in [5.41, 5.74) is 0. The largest absolute Gasteiger partial charge is 0.416 e. The second-order valence-corrected chi connectivity index (χ2v) is 5.25. The Hall–Kier alpha value is -0.460. The normalized spacial score (nSPS) is 24.6. The summed E-state index contributed by atoms with van der Waals surface area (Å²) in [7, 11) is 1.33. The molecule has 0 radical (unpaired) electrons. The van der Waals surface area contributed by atoms with E-state index in [-0.39, 0.29) is 61.7 Å². The summed E-state index contributed by atoms with van der Waals surface area (Å²) in [4.78, 5) is 3.70. The summed E-state index contributed by atoms with van der Waals surface area (Å²) >= 11 is 0. The number of alkyl halides is 6. The van der Waals surface area contributed by atoms with E-state index in [1.165, 1.54) is 7.05 Å². The highest BCUT2D eigenvalue weighted by Gasteiger charge is 2.41. The van der Waals surface area contributed by atoms with E-state index in [1.807, 2.05) is 0 Å². The Bertz CT molecular complexity index is 380. The SMILES string of the molecule is CN=C(NCC(O)C(F)(F)F)NC1CCC(C(F)(F)F)CC1.I. The van der Waals surface area contributed by atoms with E-state index in [2.05, 4.69) is 15.6 Å². The first-order valence-corrected chi connectivity index (χ1v) is 6.82. The van der Waals surface area contributed by atoms with Gasteiger partial charge in [0, 0.05) is 13.1 Å². The van der Waals surface area contributed by atoms with E-state index in [0.29, 0.717) is 0 Å². The van der Waals surface area contributed by atoms with Gasteiger partial charge in [-0.15, -0.1) is 24.0 Å². The molecule has 11 heteroatoms. The Morgan fingerprint density at radius 1 is 1.13 bits per heavy atom. The van der Waals surface area contributed by atoms with Gasteiger partial charge in [-0.2, -0.15) is 26.3 Å². The predicted molar refractivity (Wildman–Crippen MR) is 83.8 cm³/mol. The van der Waals surface area contributed by atoms with Crippen molar-refractivity contribution in [2.45, 2.75) is 50.2 Å². The summed E-state index contributed by atoms with van der Waals surface area (Å²) in [6.45, 7) is -0.777. The lowest BCUT2D eigenvalue weighted by Crippen LogP contribution is -2.49. The van der Waals surface area contributed by atoms with Crippen LogP contribution in [0.2, 0.25) is 0 Å². The van der Waals surface area contributed by atoms with Crippen LogP contribution in [0.3, 0.4) is 0 Å². The number of rotatable bonds is 3. The minimum absolute atomic E-state index is 0. The molecule has 1 aliphatic carbocycles. The van der Waals surface area contributed by atoms with Crippen molar-refractivity contribution in [3.05, 3.63) is 0 Å². The average molecular weight is 463 g/mol. The van der Waals surface area contributed by atoms with Crippen molar-refractivity contribution in [3.63, 3.8) is 0 Å². The van der Waals surface area contributed by atoms with Gasteiger partial charge in [-0.05, 0) is 25.7 Å². The van der Waals surface area contributed by atoms with Gasteiger partial charge in [0.05, 0.1) is 12.5 Å². The smallest absolute Gasteiger partial charge is 0.382 e. The zero-order chi connectivity index (χ0) is 17.0. The standard InChI is InChI=1S/C12H19F6N3O.HI/c1-19-10(20-6-9(22)12(16,17)18)21-8-4-2-7(3-5-8)11(13,14)15;/h7-9,22H,2-6H2,1H3,(H2,19,20,21);1H. The molecule has 0 spiro atoms. The van der Waals surface area contributed by atoms with Crippen molar-refractivity contribution in [1.29, 1.82) is 0 Å². The molecule has 4 nitrogen and oxygen atoms in total. The van der Waals surface area contributed by atoms with Crippen molar-refractivity contribution in [2.75, 3.05) is 13.6 Å². The Balaban J connectivity index is 0.00000484. The molecule has 0 amide bonds. The molecule has 0 aromatic rings. The number of aliphatic hydroxyl groups is 1. The van der Waals surface area contributed by atoms with E-state index in [4.69, 9.17) is 5.11 Å².